The molecule has 9 heteroatoms. The van der Waals surface area contributed by atoms with Crippen LogP contribution in [0.3, 0.4) is 0 Å². The quantitative estimate of drug-likeness (QED) is 0.774. The molecule has 26 heavy (non-hydrogen) atoms. The standard InChI is InChI=1S/C17H22N6O3/c24-16(25)9-22-5-13-7-23(15(8-22)11-26-10-13)6-12-1-3-14(4-2-12)17-18-20-21-19-17/h1-4,13,15H,5-11H2,(H,24,25)(H,18,19,20,21)/t13-,15-/m0/s1. The first-order valence-corrected chi connectivity index (χ1v) is 8.76. The van der Waals surface area contributed by atoms with E-state index < -0.39 is 5.97 Å². The van der Waals surface area contributed by atoms with Crippen LogP contribution in [0.2, 0.25) is 0 Å². The summed E-state index contributed by atoms with van der Waals surface area (Å²) in [7, 11) is 0. The summed E-state index contributed by atoms with van der Waals surface area (Å²) in [5, 5.41) is 23.2. The number of fused-ring (bicyclic) bond motifs is 3. The number of hydrogen-bond donors (Lipinski definition) is 2. The van der Waals surface area contributed by atoms with Crippen LogP contribution in [-0.2, 0) is 16.1 Å². The summed E-state index contributed by atoms with van der Waals surface area (Å²) in [6, 6.07) is 8.36. The Kier molecular flexibility index (Phi) is 4.91. The summed E-state index contributed by atoms with van der Waals surface area (Å²) in [5.74, 6) is 0.148. The third kappa shape index (κ3) is 3.90. The number of rotatable bonds is 5. The largest absolute Gasteiger partial charge is 0.480 e. The number of ether oxygens (including phenoxy) is 1. The smallest absolute Gasteiger partial charge is 0.317 e. The fraction of sp³-hybridized carbons (Fsp3) is 0.529. The van der Waals surface area contributed by atoms with Crippen molar-refractivity contribution in [2.45, 2.75) is 12.6 Å². The number of carboxylic acids is 1. The van der Waals surface area contributed by atoms with Gasteiger partial charge in [0.1, 0.15) is 0 Å². The number of nitrogens with zero attached hydrogens (tertiary/aromatic N) is 5. The molecule has 0 unspecified atom stereocenters. The summed E-state index contributed by atoms with van der Waals surface area (Å²) < 4.78 is 5.81. The number of aromatic nitrogens is 4. The van der Waals surface area contributed by atoms with Gasteiger partial charge in [-0.2, -0.15) is 5.21 Å². The molecule has 3 heterocycles. The van der Waals surface area contributed by atoms with Gasteiger partial charge >= 0.3 is 5.97 Å². The number of H-pyrrole nitrogens is 1. The van der Waals surface area contributed by atoms with Gasteiger partial charge in [0.25, 0.3) is 0 Å². The van der Waals surface area contributed by atoms with Crippen molar-refractivity contribution in [3.63, 3.8) is 0 Å². The van der Waals surface area contributed by atoms with Gasteiger partial charge in [-0.3, -0.25) is 14.6 Å². The van der Waals surface area contributed by atoms with Gasteiger partial charge in [-0.15, -0.1) is 10.2 Å². The molecule has 2 saturated heterocycles. The molecule has 0 amide bonds. The predicted octanol–water partition coefficient (Wildman–Crippen LogP) is 0.0839. The first-order valence-electron chi connectivity index (χ1n) is 8.76. The summed E-state index contributed by atoms with van der Waals surface area (Å²) in [6.07, 6.45) is 0. The molecule has 2 atom stereocenters. The molecule has 138 valence electrons. The molecule has 0 saturated carbocycles. The maximum Gasteiger partial charge on any atom is 0.317 e. The molecule has 1 aromatic carbocycles. The van der Waals surface area contributed by atoms with Gasteiger partial charge in [-0.25, -0.2) is 0 Å². The maximum atomic E-state index is 11.1. The van der Waals surface area contributed by atoms with Crippen molar-refractivity contribution < 1.29 is 14.6 Å². The Morgan fingerprint density at radius 2 is 2.08 bits per heavy atom. The Bertz CT molecular complexity index is 735. The van der Waals surface area contributed by atoms with Crippen molar-refractivity contribution in [3.8, 4) is 11.4 Å². The predicted molar refractivity (Wildman–Crippen MR) is 92.2 cm³/mol. The zero-order valence-electron chi connectivity index (χ0n) is 14.4. The average Bonchev–Trinajstić information content (AvgIpc) is 3.01. The van der Waals surface area contributed by atoms with E-state index in [9.17, 15) is 4.79 Å². The zero-order valence-corrected chi connectivity index (χ0v) is 14.4. The summed E-state index contributed by atoms with van der Waals surface area (Å²) in [4.78, 5) is 15.6. The first kappa shape index (κ1) is 17.1. The van der Waals surface area contributed by atoms with Crippen molar-refractivity contribution in [1.82, 2.24) is 30.4 Å². The average molecular weight is 358 g/mol. The van der Waals surface area contributed by atoms with Gasteiger partial charge in [-0.05, 0) is 10.8 Å². The lowest BCUT2D eigenvalue weighted by Gasteiger charge is -2.30. The molecular weight excluding hydrogens is 336 g/mol. The highest BCUT2D eigenvalue weighted by molar-refractivity contribution is 5.69. The summed E-state index contributed by atoms with van der Waals surface area (Å²) >= 11 is 0. The van der Waals surface area contributed by atoms with Crippen LogP contribution in [0.5, 0.6) is 0 Å². The van der Waals surface area contributed by atoms with E-state index in [0.717, 1.165) is 31.7 Å². The van der Waals surface area contributed by atoms with Crippen LogP contribution in [0.4, 0.5) is 0 Å². The minimum absolute atomic E-state index is 0.0975. The SMILES string of the molecule is O=C(O)CN1C[C@@H]2COC[C@H](C1)N(Cc1ccc(-c3nn[nH]n3)cc1)C2. The van der Waals surface area contributed by atoms with E-state index in [0.29, 0.717) is 25.0 Å². The lowest BCUT2D eigenvalue weighted by atomic mass is 10.1. The van der Waals surface area contributed by atoms with Crippen LogP contribution >= 0.6 is 0 Å². The molecule has 2 aliphatic heterocycles. The summed E-state index contributed by atoms with van der Waals surface area (Å²) in [6.45, 7) is 4.68. The third-order valence-corrected chi connectivity index (χ3v) is 4.96. The Morgan fingerprint density at radius 3 is 2.81 bits per heavy atom. The monoisotopic (exact) mass is 358 g/mol. The van der Waals surface area contributed by atoms with Crippen LogP contribution in [-0.4, -0.2) is 86.9 Å². The lowest BCUT2D eigenvalue weighted by Crippen LogP contribution is -2.44. The number of benzene rings is 1. The third-order valence-electron chi connectivity index (χ3n) is 4.96. The van der Waals surface area contributed by atoms with Gasteiger partial charge in [-0.1, -0.05) is 24.3 Å². The van der Waals surface area contributed by atoms with Crippen LogP contribution < -0.4 is 0 Å². The lowest BCUT2D eigenvalue weighted by molar-refractivity contribution is -0.138. The molecular formula is C17H22N6O3. The molecule has 2 aliphatic rings. The van der Waals surface area contributed by atoms with E-state index in [4.69, 9.17) is 9.84 Å². The number of nitrogens with one attached hydrogen (secondary N) is 1. The fourth-order valence-corrected chi connectivity index (χ4v) is 3.82. The molecule has 2 N–H and O–H groups in total. The fourth-order valence-electron chi connectivity index (χ4n) is 3.82. The van der Waals surface area contributed by atoms with E-state index in [1.165, 1.54) is 5.56 Å². The van der Waals surface area contributed by atoms with Crippen molar-refractivity contribution >= 4 is 5.97 Å². The second-order valence-corrected chi connectivity index (χ2v) is 7.01. The van der Waals surface area contributed by atoms with Crippen LogP contribution in [0.25, 0.3) is 11.4 Å². The maximum absolute atomic E-state index is 11.1. The molecule has 2 bridgehead atoms. The van der Waals surface area contributed by atoms with Crippen LogP contribution in [0.1, 0.15) is 5.56 Å². The molecule has 4 rings (SSSR count). The highest BCUT2D eigenvalue weighted by Crippen LogP contribution is 2.22. The minimum Gasteiger partial charge on any atom is -0.480 e. The van der Waals surface area contributed by atoms with Crippen molar-refractivity contribution in [2.75, 3.05) is 39.4 Å². The Balaban J connectivity index is 1.46. The molecule has 0 aliphatic carbocycles. The van der Waals surface area contributed by atoms with E-state index in [1.54, 1.807) is 0 Å². The van der Waals surface area contributed by atoms with Crippen LogP contribution in [0.15, 0.2) is 24.3 Å². The number of aliphatic carboxylic acids is 1. The number of carboxylic acid groups (broad SMARTS) is 1. The highest BCUT2D eigenvalue weighted by Gasteiger charge is 2.33. The van der Waals surface area contributed by atoms with Gasteiger partial charge < -0.3 is 9.84 Å². The van der Waals surface area contributed by atoms with Gasteiger partial charge in [0.2, 0.25) is 5.82 Å². The van der Waals surface area contributed by atoms with Crippen molar-refractivity contribution in [1.29, 1.82) is 0 Å². The molecule has 9 nitrogen and oxygen atoms in total. The Labute approximate surface area is 150 Å². The van der Waals surface area contributed by atoms with Gasteiger partial charge in [0.15, 0.2) is 0 Å². The Morgan fingerprint density at radius 1 is 1.23 bits per heavy atom. The van der Waals surface area contributed by atoms with E-state index in [2.05, 4.69) is 37.7 Å². The molecule has 0 radical (unpaired) electrons. The van der Waals surface area contributed by atoms with Crippen molar-refractivity contribution in [3.05, 3.63) is 29.8 Å². The normalized spacial score (nSPS) is 24.3. The second-order valence-electron chi connectivity index (χ2n) is 7.01. The summed E-state index contributed by atoms with van der Waals surface area (Å²) in [5.41, 5.74) is 2.13. The van der Waals surface area contributed by atoms with Crippen LogP contribution in [0, 0.1) is 5.92 Å². The number of tetrazole rings is 1. The number of aromatic amines is 1. The van der Waals surface area contributed by atoms with E-state index in [-0.39, 0.29) is 12.6 Å². The van der Waals surface area contributed by atoms with Crippen molar-refractivity contribution in [2.24, 2.45) is 5.92 Å². The van der Waals surface area contributed by atoms with Gasteiger partial charge in [0.05, 0.1) is 19.8 Å². The number of hydrogen-bond acceptors (Lipinski definition) is 7. The minimum atomic E-state index is -0.769. The molecule has 2 fully saturated rings. The molecule has 0 spiro atoms. The molecule has 2 aromatic rings. The van der Waals surface area contributed by atoms with E-state index in [1.807, 2.05) is 17.0 Å². The second kappa shape index (κ2) is 7.48. The zero-order chi connectivity index (χ0) is 17.9. The number of carbonyl (C=O) groups is 1. The van der Waals surface area contributed by atoms with E-state index >= 15 is 0 Å². The highest BCUT2D eigenvalue weighted by atomic mass is 16.5. The van der Waals surface area contributed by atoms with Gasteiger partial charge in [0, 0.05) is 43.7 Å². The topological polar surface area (TPSA) is 107 Å². The Hall–Kier alpha value is -2.36. The molecule has 1 aromatic heterocycles. The first-order chi connectivity index (χ1) is 12.7.